The molecule has 0 amide bonds. The molecule has 11 heavy (non-hydrogen) atoms. The average Bonchev–Trinajstić information content (AvgIpc) is 2.51. The number of aryl methyl sites for hydroxylation is 3. The molecule has 3 nitrogen and oxygen atoms in total. The number of nitrogens with zero attached hydrogens (tertiary/aromatic N) is 3. The summed E-state index contributed by atoms with van der Waals surface area (Å²) >= 11 is 0. The van der Waals surface area contributed by atoms with E-state index in [4.69, 9.17) is 0 Å². The van der Waals surface area contributed by atoms with Crippen LogP contribution in [0.25, 0.3) is 0 Å². The molecule has 62 valence electrons. The van der Waals surface area contributed by atoms with E-state index in [0.29, 0.717) is 0 Å². The van der Waals surface area contributed by atoms with Crippen molar-refractivity contribution in [2.24, 2.45) is 0 Å². The largest absolute Gasteiger partial charge is 0.250 e. The van der Waals surface area contributed by atoms with Gasteiger partial charge in [0.15, 0.2) is 0 Å². The third kappa shape index (κ3) is 1.59. The Morgan fingerprint density at radius 3 is 2.73 bits per heavy atom. The van der Waals surface area contributed by atoms with Gasteiger partial charge < -0.3 is 0 Å². The maximum atomic E-state index is 4.24. The molecule has 0 saturated carbocycles. The summed E-state index contributed by atoms with van der Waals surface area (Å²) < 4.78 is 2.00. The summed E-state index contributed by atoms with van der Waals surface area (Å²) in [5.74, 6) is 2.07. The molecule has 0 aromatic carbocycles. The second-order valence-corrected chi connectivity index (χ2v) is 2.40. The van der Waals surface area contributed by atoms with Crippen LogP contribution in [0.5, 0.6) is 0 Å². The number of rotatable bonds is 0. The lowest BCUT2D eigenvalue weighted by molar-refractivity contribution is 0.650. The minimum atomic E-state index is 0.907. The second kappa shape index (κ2) is 3.51. The molecule has 0 N–H and O–H groups in total. The molecule has 0 fully saturated rings. The van der Waals surface area contributed by atoms with Crippen LogP contribution in [0.3, 0.4) is 0 Å². The van der Waals surface area contributed by atoms with Gasteiger partial charge in [0.25, 0.3) is 0 Å². The van der Waals surface area contributed by atoms with Gasteiger partial charge >= 0.3 is 0 Å². The number of aromatic nitrogens is 3. The predicted molar refractivity (Wildman–Crippen MR) is 44.4 cm³/mol. The summed E-state index contributed by atoms with van der Waals surface area (Å²) in [5.41, 5.74) is 0. The summed E-state index contributed by atoms with van der Waals surface area (Å²) in [5, 5.41) is 4.20. The Morgan fingerprint density at radius 2 is 2.09 bits per heavy atom. The smallest absolute Gasteiger partial charge is 0.147 e. The van der Waals surface area contributed by atoms with Gasteiger partial charge in [0.05, 0.1) is 0 Å². The van der Waals surface area contributed by atoms with Crippen molar-refractivity contribution in [2.75, 3.05) is 0 Å². The summed E-state index contributed by atoms with van der Waals surface area (Å²) in [4.78, 5) is 4.24. The molecule has 0 bridgehead atoms. The second-order valence-electron chi connectivity index (χ2n) is 2.40. The van der Waals surface area contributed by atoms with Gasteiger partial charge in [-0.3, -0.25) is 0 Å². The Labute approximate surface area is 67.4 Å². The van der Waals surface area contributed by atoms with Crippen LogP contribution >= 0.6 is 0 Å². The lowest BCUT2D eigenvalue weighted by Gasteiger charge is -1.86. The van der Waals surface area contributed by atoms with Crippen molar-refractivity contribution in [3.63, 3.8) is 0 Å². The van der Waals surface area contributed by atoms with E-state index >= 15 is 0 Å². The molecule has 1 aliphatic rings. The molecule has 0 unspecified atom stereocenters. The molecule has 0 atom stereocenters. The summed E-state index contributed by atoms with van der Waals surface area (Å²) in [7, 11) is 0. The molecule has 1 aliphatic heterocycles. The molecule has 0 radical (unpaired) electrons. The average molecular weight is 153 g/mol. The third-order valence-electron chi connectivity index (χ3n) is 1.62. The van der Waals surface area contributed by atoms with E-state index in [1.54, 1.807) is 0 Å². The Bertz CT molecular complexity index is 206. The van der Waals surface area contributed by atoms with E-state index in [1.807, 2.05) is 25.5 Å². The van der Waals surface area contributed by atoms with E-state index < -0.39 is 0 Å². The van der Waals surface area contributed by atoms with Gasteiger partial charge in [-0.05, 0) is 13.3 Å². The zero-order chi connectivity index (χ0) is 8.27. The standard InChI is InChI=1S/C6H9N3.C2H6/c1-5-7-6-3-2-4-9(6)8-5;1-2/h2-4H2,1H3;1-2H3. The number of fused-ring (bicyclic) bond motifs is 1. The van der Waals surface area contributed by atoms with Gasteiger partial charge in [-0.1, -0.05) is 13.8 Å². The fraction of sp³-hybridized carbons (Fsp3) is 0.750. The van der Waals surface area contributed by atoms with Crippen LogP contribution < -0.4 is 0 Å². The van der Waals surface area contributed by atoms with Crippen molar-refractivity contribution in [1.82, 2.24) is 14.8 Å². The Balaban J connectivity index is 0.000000281. The molecule has 2 heterocycles. The van der Waals surface area contributed by atoms with Gasteiger partial charge in [0.2, 0.25) is 0 Å². The maximum absolute atomic E-state index is 4.24. The first kappa shape index (κ1) is 8.24. The van der Waals surface area contributed by atoms with E-state index in [9.17, 15) is 0 Å². The lowest BCUT2D eigenvalue weighted by atomic mass is 10.4. The predicted octanol–water partition coefficient (Wildman–Crippen LogP) is 1.56. The first-order chi connectivity index (χ1) is 5.36. The molecule has 1 aromatic heterocycles. The molecular formula is C8H15N3. The summed E-state index contributed by atoms with van der Waals surface area (Å²) in [6, 6.07) is 0. The highest BCUT2D eigenvalue weighted by molar-refractivity contribution is 4.94. The first-order valence-corrected chi connectivity index (χ1v) is 4.26. The molecular weight excluding hydrogens is 138 g/mol. The molecule has 0 aliphatic carbocycles. The van der Waals surface area contributed by atoms with Crippen molar-refractivity contribution in [1.29, 1.82) is 0 Å². The van der Waals surface area contributed by atoms with Crippen LogP contribution in [0.15, 0.2) is 0 Å². The highest BCUT2D eigenvalue weighted by Gasteiger charge is 2.12. The van der Waals surface area contributed by atoms with Crippen molar-refractivity contribution in [3.8, 4) is 0 Å². The topological polar surface area (TPSA) is 30.7 Å². The highest BCUT2D eigenvalue weighted by Crippen LogP contribution is 2.09. The lowest BCUT2D eigenvalue weighted by Crippen LogP contribution is -1.93. The molecule has 2 rings (SSSR count). The highest BCUT2D eigenvalue weighted by atomic mass is 15.4. The first-order valence-electron chi connectivity index (χ1n) is 4.26. The fourth-order valence-corrected chi connectivity index (χ4v) is 1.25. The Morgan fingerprint density at radius 1 is 1.36 bits per heavy atom. The fourth-order valence-electron chi connectivity index (χ4n) is 1.25. The van der Waals surface area contributed by atoms with Crippen molar-refractivity contribution in [3.05, 3.63) is 11.6 Å². The van der Waals surface area contributed by atoms with E-state index in [1.165, 1.54) is 6.42 Å². The molecule has 1 aromatic rings. The van der Waals surface area contributed by atoms with E-state index in [-0.39, 0.29) is 0 Å². The quantitative estimate of drug-likeness (QED) is 0.566. The van der Waals surface area contributed by atoms with Gasteiger partial charge in [-0.25, -0.2) is 9.67 Å². The summed E-state index contributed by atoms with van der Waals surface area (Å²) in [6.07, 6.45) is 2.33. The molecule has 0 spiro atoms. The summed E-state index contributed by atoms with van der Waals surface area (Å²) in [6.45, 7) is 7.00. The van der Waals surface area contributed by atoms with Gasteiger partial charge in [-0.2, -0.15) is 5.10 Å². The number of hydrogen-bond acceptors (Lipinski definition) is 2. The maximum Gasteiger partial charge on any atom is 0.147 e. The molecule has 0 saturated heterocycles. The zero-order valence-electron chi connectivity index (χ0n) is 7.46. The van der Waals surface area contributed by atoms with Crippen LogP contribution in [-0.2, 0) is 13.0 Å². The SMILES string of the molecule is CC.Cc1nc2n(n1)CCC2. The normalized spacial score (nSPS) is 13.7. The van der Waals surface area contributed by atoms with Gasteiger partial charge in [0.1, 0.15) is 11.6 Å². The van der Waals surface area contributed by atoms with Crippen molar-refractivity contribution >= 4 is 0 Å². The van der Waals surface area contributed by atoms with E-state index in [0.717, 1.165) is 24.6 Å². The zero-order valence-corrected chi connectivity index (χ0v) is 7.46. The minimum absolute atomic E-state index is 0.907. The molecule has 3 heteroatoms. The van der Waals surface area contributed by atoms with Crippen LogP contribution in [0.2, 0.25) is 0 Å². The third-order valence-corrected chi connectivity index (χ3v) is 1.62. The minimum Gasteiger partial charge on any atom is -0.250 e. The Hall–Kier alpha value is -0.860. The van der Waals surface area contributed by atoms with Crippen LogP contribution in [0, 0.1) is 6.92 Å². The van der Waals surface area contributed by atoms with Crippen molar-refractivity contribution < 1.29 is 0 Å². The van der Waals surface area contributed by atoms with E-state index in [2.05, 4.69) is 10.1 Å². The van der Waals surface area contributed by atoms with Crippen molar-refractivity contribution in [2.45, 2.75) is 40.2 Å². The van der Waals surface area contributed by atoms with Crippen LogP contribution in [0.4, 0.5) is 0 Å². The Kier molecular flexibility index (Phi) is 2.63. The van der Waals surface area contributed by atoms with Gasteiger partial charge in [-0.15, -0.1) is 0 Å². The van der Waals surface area contributed by atoms with Crippen LogP contribution in [0.1, 0.15) is 31.9 Å². The van der Waals surface area contributed by atoms with Gasteiger partial charge in [0, 0.05) is 13.0 Å². The van der Waals surface area contributed by atoms with Crippen LogP contribution in [-0.4, -0.2) is 14.8 Å². The number of hydrogen-bond donors (Lipinski definition) is 0. The monoisotopic (exact) mass is 153 g/mol.